The van der Waals surface area contributed by atoms with E-state index in [1.54, 1.807) is 4.90 Å². The monoisotopic (exact) mass is 384 g/mol. The summed E-state index contributed by atoms with van der Waals surface area (Å²) < 4.78 is 0. The summed E-state index contributed by atoms with van der Waals surface area (Å²) in [7, 11) is 1.83. The second-order valence-electron chi connectivity index (χ2n) is 11.3. The van der Waals surface area contributed by atoms with Crippen molar-refractivity contribution >= 4 is 11.8 Å². The van der Waals surface area contributed by atoms with Crippen LogP contribution in [0.3, 0.4) is 0 Å². The topological polar surface area (TPSA) is 40.6 Å². The van der Waals surface area contributed by atoms with Gasteiger partial charge in [-0.25, -0.2) is 0 Å². The fraction of sp³-hybridized carbons (Fsp3) is 0.667. The van der Waals surface area contributed by atoms with Crippen LogP contribution >= 0.6 is 0 Å². The molecule has 4 nitrogen and oxygen atoms in total. The van der Waals surface area contributed by atoms with E-state index < -0.39 is 0 Å². The lowest BCUT2D eigenvalue weighted by atomic mass is 9.65. The summed E-state index contributed by atoms with van der Waals surface area (Å²) in [6.45, 7) is 14.2. The third kappa shape index (κ3) is 4.26. The number of carbonyl (C=O) groups is 2. The van der Waals surface area contributed by atoms with Crippen LogP contribution in [0, 0.1) is 16.2 Å². The van der Waals surface area contributed by atoms with Crippen LogP contribution < -0.4 is 0 Å². The largest absolute Gasteiger partial charge is 0.341 e. The Hall–Kier alpha value is -1.84. The molecule has 0 spiro atoms. The molecular formula is C24H36N2O2. The number of hydrogen-bond acceptors (Lipinski definition) is 2. The molecule has 2 atom stereocenters. The molecule has 154 valence electrons. The van der Waals surface area contributed by atoms with Crippen molar-refractivity contribution in [2.45, 2.75) is 73.4 Å². The van der Waals surface area contributed by atoms with E-state index in [-0.39, 0.29) is 22.6 Å². The first-order valence-electron chi connectivity index (χ1n) is 10.5. The van der Waals surface area contributed by atoms with Crippen molar-refractivity contribution in [2.75, 3.05) is 13.6 Å². The maximum Gasteiger partial charge on any atom is 0.254 e. The Morgan fingerprint density at radius 2 is 1.71 bits per heavy atom. The van der Waals surface area contributed by atoms with E-state index in [0.717, 1.165) is 30.5 Å². The quantitative estimate of drug-likeness (QED) is 0.756. The van der Waals surface area contributed by atoms with Crippen molar-refractivity contribution in [3.63, 3.8) is 0 Å². The number of benzene rings is 1. The second kappa shape index (κ2) is 6.89. The number of rotatable bonds is 3. The molecule has 1 aromatic rings. The highest BCUT2D eigenvalue weighted by Crippen LogP contribution is 2.52. The molecule has 2 unspecified atom stereocenters. The van der Waals surface area contributed by atoms with Crippen LogP contribution in [0.5, 0.6) is 0 Å². The summed E-state index contributed by atoms with van der Waals surface area (Å²) in [5.41, 5.74) is 1.97. The highest BCUT2D eigenvalue weighted by atomic mass is 16.2. The van der Waals surface area contributed by atoms with Gasteiger partial charge in [0.15, 0.2) is 0 Å². The van der Waals surface area contributed by atoms with Gasteiger partial charge in [-0.05, 0) is 47.8 Å². The van der Waals surface area contributed by atoms with Crippen molar-refractivity contribution < 1.29 is 9.59 Å². The molecule has 28 heavy (non-hydrogen) atoms. The Bertz CT molecular complexity index is 760. The fourth-order valence-electron chi connectivity index (χ4n) is 5.53. The Labute approximate surface area is 170 Å². The number of nitrogens with zero attached hydrogens (tertiary/aromatic N) is 2. The van der Waals surface area contributed by atoms with Gasteiger partial charge in [-0.2, -0.15) is 0 Å². The lowest BCUT2D eigenvalue weighted by molar-refractivity contribution is -0.138. The Balaban J connectivity index is 1.69. The Morgan fingerprint density at radius 3 is 2.29 bits per heavy atom. The highest BCUT2D eigenvalue weighted by molar-refractivity contribution is 5.94. The van der Waals surface area contributed by atoms with Crippen molar-refractivity contribution in [3.05, 3.63) is 35.4 Å². The minimum absolute atomic E-state index is 0.118. The summed E-state index contributed by atoms with van der Waals surface area (Å²) in [5, 5.41) is 0. The van der Waals surface area contributed by atoms with Gasteiger partial charge in [0.2, 0.25) is 5.91 Å². The zero-order valence-electron chi connectivity index (χ0n) is 18.6. The van der Waals surface area contributed by atoms with Crippen LogP contribution in [0.2, 0.25) is 0 Å². The van der Waals surface area contributed by atoms with E-state index in [4.69, 9.17) is 0 Å². The normalized spacial score (nSPS) is 26.2. The van der Waals surface area contributed by atoms with Gasteiger partial charge in [0, 0.05) is 37.2 Å². The van der Waals surface area contributed by atoms with E-state index in [9.17, 15) is 9.59 Å². The van der Waals surface area contributed by atoms with Gasteiger partial charge in [0.1, 0.15) is 0 Å². The molecular weight excluding hydrogens is 348 g/mol. The minimum atomic E-state index is -0.387. The molecule has 1 saturated carbocycles. The third-order valence-electron chi connectivity index (χ3n) is 6.28. The predicted octanol–water partition coefficient (Wildman–Crippen LogP) is 4.73. The van der Waals surface area contributed by atoms with Crippen molar-refractivity contribution in [1.82, 2.24) is 9.80 Å². The molecule has 3 rings (SSSR count). The van der Waals surface area contributed by atoms with Crippen molar-refractivity contribution in [1.29, 1.82) is 0 Å². The first-order valence-corrected chi connectivity index (χ1v) is 10.5. The molecule has 1 heterocycles. The summed E-state index contributed by atoms with van der Waals surface area (Å²) in [5.74, 6) is 0.268. The first-order chi connectivity index (χ1) is 12.8. The molecule has 0 N–H and O–H groups in total. The van der Waals surface area contributed by atoms with Crippen LogP contribution in [-0.2, 0) is 11.3 Å². The lowest BCUT2D eigenvalue weighted by Crippen LogP contribution is -2.37. The molecule has 4 heteroatoms. The summed E-state index contributed by atoms with van der Waals surface area (Å²) in [6, 6.07) is 8.16. The molecule has 1 saturated heterocycles. The molecule has 0 aromatic heterocycles. The van der Waals surface area contributed by atoms with Crippen molar-refractivity contribution in [2.24, 2.45) is 16.2 Å². The average molecular weight is 385 g/mol. The number of hydrogen-bond donors (Lipinski definition) is 0. The van der Waals surface area contributed by atoms with E-state index >= 15 is 0 Å². The molecule has 0 radical (unpaired) electrons. The first kappa shape index (κ1) is 20.9. The van der Waals surface area contributed by atoms with Crippen molar-refractivity contribution in [3.8, 4) is 0 Å². The number of likely N-dealkylation sites (tertiary alicyclic amines) is 1. The molecule has 1 aliphatic heterocycles. The maximum atomic E-state index is 13.2. The van der Waals surface area contributed by atoms with Crippen LogP contribution in [0.1, 0.15) is 76.7 Å². The molecule has 2 fully saturated rings. The predicted molar refractivity (Wildman–Crippen MR) is 113 cm³/mol. The van der Waals surface area contributed by atoms with E-state index in [1.165, 1.54) is 6.42 Å². The number of fused-ring (bicyclic) bond motifs is 2. The number of carbonyl (C=O) groups excluding carboxylic acids is 2. The Kier molecular flexibility index (Phi) is 5.14. The van der Waals surface area contributed by atoms with Gasteiger partial charge in [-0.3, -0.25) is 9.59 Å². The maximum absolute atomic E-state index is 13.2. The molecule has 1 aromatic carbocycles. The SMILES string of the molecule is CN(Cc1ccc(C(=O)N2CC3(C)CC2CC(C)(C)C3)cc1)C(=O)C(C)(C)C. The number of amides is 2. The van der Waals surface area contributed by atoms with Gasteiger partial charge < -0.3 is 9.80 Å². The van der Waals surface area contributed by atoms with Gasteiger partial charge in [-0.1, -0.05) is 53.7 Å². The lowest BCUT2D eigenvalue weighted by Gasteiger charge is -2.39. The zero-order valence-corrected chi connectivity index (χ0v) is 18.6. The zero-order chi connectivity index (χ0) is 20.9. The molecule has 2 amide bonds. The Morgan fingerprint density at radius 1 is 1.11 bits per heavy atom. The van der Waals surface area contributed by atoms with Gasteiger partial charge in [-0.15, -0.1) is 0 Å². The smallest absolute Gasteiger partial charge is 0.254 e. The van der Waals surface area contributed by atoms with Gasteiger partial charge >= 0.3 is 0 Å². The fourth-order valence-corrected chi connectivity index (χ4v) is 5.53. The second-order valence-corrected chi connectivity index (χ2v) is 11.3. The van der Waals surface area contributed by atoms with Gasteiger partial charge in [0.25, 0.3) is 5.91 Å². The summed E-state index contributed by atoms with van der Waals surface area (Å²) in [6.07, 6.45) is 3.40. The van der Waals surface area contributed by atoms with Crippen LogP contribution in [-0.4, -0.2) is 41.2 Å². The molecule has 1 aliphatic carbocycles. The standard InChI is InChI=1S/C24H36N2O2/c1-22(2,3)21(28)25(7)14-17-8-10-18(11-9-17)20(27)26-16-24(6)13-19(26)12-23(4,5)15-24/h8-11,19H,12-16H2,1-7H3. The molecule has 2 aliphatic rings. The van der Waals surface area contributed by atoms with Gasteiger partial charge in [0.05, 0.1) is 0 Å². The van der Waals surface area contributed by atoms with E-state index in [2.05, 4.69) is 25.7 Å². The van der Waals surface area contributed by atoms with Crippen LogP contribution in [0.15, 0.2) is 24.3 Å². The summed E-state index contributed by atoms with van der Waals surface area (Å²) >= 11 is 0. The average Bonchev–Trinajstić information content (AvgIpc) is 2.82. The third-order valence-corrected chi connectivity index (χ3v) is 6.28. The van der Waals surface area contributed by atoms with Crippen LogP contribution in [0.25, 0.3) is 0 Å². The highest BCUT2D eigenvalue weighted by Gasteiger charge is 2.51. The van der Waals surface area contributed by atoms with E-state index in [1.807, 2.05) is 52.1 Å². The van der Waals surface area contributed by atoms with E-state index in [0.29, 0.717) is 18.0 Å². The summed E-state index contributed by atoms with van der Waals surface area (Å²) in [4.78, 5) is 29.4. The van der Waals surface area contributed by atoms with Crippen LogP contribution in [0.4, 0.5) is 0 Å². The minimum Gasteiger partial charge on any atom is -0.341 e. The molecule has 2 bridgehead atoms.